The first kappa shape index (κ1) is 15.2. The number of nitrogens with one attached hydrogen (secondary N) is 1. The van der Waals surface area contributed by atoms with Crippen LogP contribution < -0.4 is 14.8 Å². The lowest BCUT2D eigenvalue weighted by Gasteiger charge is -2.12. The van der Waals surface area contributed by atoms with Crippen LogP contribution in [0.1, 0.15) is 11.1 Å². The third-order valence-electron chi connectivity index (χ3n) is 3.03. The van der Waals surface area contributed by atoms with Gasteiger partial charge in [0.1, 0.15) is 11.5 Å². The van der Waals surface area contributed by atoms with Crippen LogP contribution in [0.15, 0.2) is 40.9 Å². The summed E-state index contributed by atoms with van der Waals surface area (Å²) in [5.74, 6) is 1.45. The molecule has 2 aromatic carbocycles. The molecular formula is C16H15BrN2O2. The molecule has 0 heterocycles. The van der Waals surface area contributed by atoms with Crippen LogP contribution >= 0.6 is 15.9 Å². The van der Waals surface area contributed by atoms with Gasteiger partial charge in [0, 0.05) is 12.6 Å². The van der Waals surface area contributed by atoms with Crippen LogP contribution in [-0.4, -0.2) is 14.2 Å². The third kappa shape index (κ3) is 3.67. The minimum atomic E-state index is 0.574. The first-order valence-corrected chi connectivity index (χ1v) is 7.11. The predicted octanol–water partition coefficient (Wildman–Crippen LogP) is 3.95. The van der Waals surface area contributed by atoms with E-state index in [-0.39, 0.29) is 0 Å². The first-order valence-electron chi connectivity index (χ1n) is 6.32. The normalized spacial score (nSPS) is 9.81. The summed E-state index contributed by atoms with van der Waals surface area (Å²) in [6.07, 6.45) is 0. The van der Waals surface area contributed by atoms with E-state index in [1.807, 2.05) is 24.3 Å². The predicted molar refractivity (Wildman–Crippen MR) is 85.7 cm³/mol. The Morgan fingerprint density at radius 1 is 1.10 bits per heavy atom. The second-order valence-corrected chi connectivity index (χ2v) is 5.20. The van der Waals surface area contributed by atoms with E-state index in [0.29, 0.717) is 17.9 Å². The van der Waals surface area contributed by atoms with Gasteiger partial charge in [-0.3, -0.25) is 0 Å². The van der Waals surface area contributed by atoms with Crippen LogP contribution in [0.25, 0.3) is 0 Å². The van der Waals surface area contributed by atoms with Crippen molar-refractivity contribution in [2.45, 2.75) is 6.54 Å². The lowest BCUT2D eigenvalue weighted by atomic mass is 10.2. The van der Waals surface area contributed by atoms with E-state index in [2.05, 4.69) is 27.3 Å². The van der Waals surface area contributed by atoms with Gasteiger partial charge in [-0.2, -0.15) is 5.26 Å². The molecule has 0 atom stereocenters. The second kappa shape index (κ2) is 7.00. The number of hydrogen-bond acceptors (Lipinski definition) is 4. The molecule has 5 heteroatoms. The zero-order chi connectivity index (χ0) is 15.2. The summed E-state index contributed by atoms with van der Waals surface area (Å²) in [7, 11) is 3.23. The molecule has 0 spiro atoms. The Balaban J connectivity index is 2.13. The highest BCUT2D eigenvalue weighted by Crippen LogP contribution is 2.28. The number of nitrogens with zero attached hydrogens (tertiary/aromatic N) is 1. The maximum Gasteiger partial charge on any atom is 0.143 e. The highest BCUT2D eigenvalue weighted by Gasteiger charge is 2.05. The van der Waals surface area contributed by atoms with Crippen LogP contribution in [0.3, 0.4) is 0 Å². The quantitative estimate of drug-likeness (QED) is 0.890. The minimum absolute atomic E-state index is 0.574. The molecule has 0 aromatic heterocycles. The number of halogens is 1. The van der Waals surface area contributed by atoms with Gasteiger partial charge >= 0.3 is 0 Å². The molecule has 0 saturated heterocycles. The fourth-order valence-corrected chi connectivity index (χ4v) is 2.51. The molecule has 1 N–H and O–H groups in total. The van der Waals surface area contributed by atoms with Crippen molar-refractivity contribution >= 4 is 21.6 Å². The summed E-state index contributed by atoms with van der Waals surface area (Å²) in [4.78, 5) is 0. The third-order valence-corrected chi connectivity index (χ3v) is 3.65. The summed E-state index contributed by atoms with van der Waals surface area (Å²) in [5.41, 5.74) is 2.53. The Bertz CT molecular complexity index is 680. The summed E-state index contributed by atoms with van der Waals surface area (Å²) in [6, 6.07) is 13.3. The maximum absolute atomic E-state index is 8.89. The number of rotatable bonds is 5. The molecule has 108 valence electrons. The topological polar surface area (TPSA) is 54.3 Å². The average molecular weight is 347 g/mol. The molecule has 2 rings (SSSR count). The lowest BCUT2D eigenvalue weighted by molar-refractivity contribution is 0.412. The first-order chi connectivity index (χ1) is 10.2. The van der Waals surface area contributed by atoms with Crippen LogP contribution in [-0.2, 0) is 6.54 Å². The number of hydrogen-bond donors (Lipinski definition) is 1. The molecule has 0 radical (unpaired) electrons. The number of anilines is 1. The van der Waals surface area contributed by atoms with Crippen LogP contribution in [0, 0.1) is 11.3 Å². The van der Waals surface area contributed by atoms with Crippen molar-refractivity contribution in [3.8, 4) is 17.6 Å². The van der Waals surface area contributed by atoms with Crippen LogP contribution in [0.2, 0.25) is 0 Å². The van der Waals surface area contributed by atoms with Crippen molar-refractivity contribution in [2.24, 2.45) is 0 Å². The molecule has 0 amide bonds. The number of nitriles is 1. The summed E-state index contributed by atoms with van der Waals surface area (Å²) in [5, 5.41) is 12.2. The molecule has 2 aromatic rings. The number of ether oxygens (including phenoxy) is 2. The Labute approximate surface area is 132 Å². The lowest BCUT2D eigenvalue weighted by Crippen LogP contribution is -2.02. The maximum atomic E-state index is 8.89. The molecule has 0 aliphatic heterocycles. The Hall–Kier alpha value is -2.19. The van der Waals surface area contributed by atoms with E-state index < -0.39 is 0 Å². The van der Waals surface area contributed by atoms with Crippen LogP contribution in [0.5, 0.6) is 11.5 Å². The van der Waals surface area contributed by atoms with Gasteiger partial charge in [-0.05, 0) is 45.8 Å². The fourth-order valence-electron chi connectivity index (χ4n) is 1.92. The summed E-state index contributed by atoms with van der Waals surface area (Å²) >= 11 is 3.47. The van der Waals surface area contributed by atoms with Crippen LogP contribution in [0.4, 0.5) is 5.69 Å². The number of benzene rings is 2. The highest BCUT2D eigenvalue weighted by molar-refractivity contribution is 9.10. The van der Waals surface area contributed by atoms with Gasteiger partial charge in [0.25, 0.3) is 0 Å². The van der Waals surface area contributed by atoms with Gasteiger partial charge in [0.2, 0.25) is 0 Å². The van der Waals surface area contributed by atoms with Gasteiger partial charge in [-0.25, -0.2) is 0 Å². The molecule has 21 heavy (non-hydrogen) atoms. The minimum Gasteiger partial charge on any atom is -0.496 e. The highest BCUT2D eigenvalue weighted by atomic mass is 79.9. The molecule has 4 nitrogen and oxygen atoms in total. The van der Waals surface area contributed by atoms with Gasteiger partial charge in [0.05, 0.1) is 36.0 Å². The fraction of sp³-hybridized carbons (Fsp3) is 0.188. The van der Waals surface area contributed by atoms with Crippen molar-refractivity contribution in [2.75, 3.05) is 19.5 Å². The second-order valence-electron chi connectivity index (χ2n) is 4.35. The average Bonchev–Trinajstić information content (AvgIpc) is 2.52. The molecule has 0 bridgehead atoms. The summed E-state index contributed by atoms with van der Waals surface area (Å²) in [6.45, 7) is 0.644. The van der Waals surface area contributed by atoms with E-state index in [9.17, 15) is 0 Å². The Kier molecular flexibility index (Phi) is 5.07. The Morgan fingerprint density at radius 3 is 2.48 bits per heavy atom. The molecular weight excluding hydrogens is 332 g/mol. The largest absolute Gasteiger partial charge is 0.496 e. The van der Waals surface area contributed by atoms with Crippen molar-refractivity contribution in [3.05, 3.63) is 52.0 Å². The number of methoxy groups -OCH3 is 2. The van der Waals surface area contributed by atoms with Gasteiger partial charge < -0.3 is 14.8 Å². The smallest absolute Gasteiger partial charge is 0.143 e. The molecule has 0 unspecified atom stereocenters. The SMILES string of the molecule is COc1ccc(CNc2ccc(C#N)cc2OC)cc1Br. The van der Waals surface area contributed by atoms with Gasteiger partial charge in [0.15, 0.2) is 0 Å². The van der Waals surface area contributed by atoms with Crippen molar-refractivity contribution in [1.82, 2.24) is 0 Å². The Morgan fingerprint density at radius 2 is 1.86 bits per heavy atom. The van der Waals surface area contributed by atoms with Crippen molar-refractivity contribution < 1.29 is 9.47 Å². The summed E-state index contributed by atoms with van der Waals surface area (Å²) < 4.78 is 11.4. The zero-order valence-corrected chi connectivity index (χ0v) is 13.4. The van der Waals surface area contributed by atoms with E-state index in [1.54, 1.807) is 26.4 Å². The van der Waals surface area contributed by atoms with Gasteiger partial charge in [-0.15, -0.1) is 0 Å². The van der Waals surface area contributed by atoms with Crippen molar-refractivity contribution in [3.63, 3.8) is 0 Å². The van der Waals surface area contributed by atoms with E-state index in [4.69, 9.17) is 14.7 Å². The molecule has 0 aliphatic carbocycles. The molecule has 0 aliphatic rings. The zero-order valence-electron chi connectivity index (χ0n) is 11.8. The van der Waals surface area contributed by atoms with E-state index >= 15 is 0 Å². The standard InChI is InChI=1S/C16H15BrN2O2/c1-20-15-6-4-12(7-13(15)17)10-19-14-5-3-11(9-18)8-16(14)21-2/h3-8,19H,10H2,1-2H3. The van der Waals surface area contributed by atoms with Crippen molar-refractivity contribution in [1.29, 1.82) is 5.26 Å². The van der Waals surface area contributed by atoms with E-state index in [1.165, 1.54) is 0 Å². The molecule has 0 fully saturated rings. The monoisotopic (exact) mass is 346 g/mol. The van der Waals surface area contributed by atoms with E-state index in [0.717, 1.165) is 21.5 Å². The molecule has 0 saturated carbocycles. The van der Waals surface area contributed by atoms with Gasteiger partial charge in [-0.1, -0.05) is 6.07 Å².